The first-order valence-electron chi connectivity index (χ1n) is 24.7. The van der Waals surface area contributed by atoms with Gasteiger partial charge in [-0.1, -0.05) is 155 Å². The van der Waals surface area contributed by atoms with E-state index in [2.05, 4.69) is 241 Å². The Kier molecular flexibility index (Phi) is 8.59. The third-order valence-electron chi connectivity index (χ3n) is 16.6. The fourth-order valence-corrected chi connectivity index (χ4v) is 13.3. The van der Waals surface area contributed by atoms with E-state index in [1.54, 1.807) is 0 Å². The molecular formula is C63H52N6. The maximum Gasteiger partial charge on any atom is 0.179 e. The van der Waals surface area contributed by atoms with Gasteiger partial charge in [-0.25, -0.2) is 9.97 Å². The summed E-state index contributed by atoms with van der Waals surface area (Å²) in [5.41, 5.74) is 21.8. The highest BCUT2D eigenvalue weighted by Gasteiger charge is 2.78. The quantitative estimate of drug-likeness (QED) is 0.166. The lowest BCUT2D eigenvalue weighted by atomic mass is 9.81. The third-order valence-corrected chi connectivity index (χ3v) is 16.6. The summed E-state index contributed by atoms with van der Waals surface area (Å²) in [7, 11) is 0. The first-order valence-corrected chi connectivity index (χ1v) is 24.7. The first-order chi connectivity index (χ1) is 33.9. The zero-order chi connectivity index (χ0) is 46.2. The number of fused-ring (bicyclic) bond motifs is 14. The van der Waals surface area contributed by atoms with Gasteiger partial charge in [0.1, 0.15) is 12.3 Å². The molecule has 6 heteroatoms. The molecule has 0 bridgehead atoms. The highest BCUT2D eigenvalue weighted by atomic mass is 15.5. The zero-order valence-electron chi connectivity index (χ0n) is 39.4. The molecule has 6 nitrogen and oxygen atoms in total. The number of hydrogen-bond donors (Lipinski definition) is 0. The molecule has 14 rings (SSSR count). The van der Waals surface area contributed by atoms with Crippen molar-refractivity contribution in [3.8, 4) is 22.3 Å². The van der Waals surface area contributed by atoms with Gasteiger partial charge < -0.3 is 19.6 Å². The molecule has 1 saturated carbocycles. The van der Waals surface area contributed by atoms with Gasteiger partial charge in [0.2, 0.25) is 0 Å². The predicted octanol–water partition coefficient (Wildman–Crippen LogP) is 15.5. The number of aryl methyl sites for hydroxylation is 2. The lowest BCUT2D eigenvalue weighted by molar-refractivity contribution is 0.376. The van der Waals surface area contributed by atoms with Crippen LogP contribution < -0.4 is 19.6 Å². The number of benzene rings is 8. The highest BCUT2D eigenvalue weighted by molar-refractivity contribution is 6.01. The molecule has 0 N–H and O–H groups in total. The molecule has 0 saturated heterocycles. The van der Waals surface area contributed by atoms with Crippen LogP contribution in [-0.2, 0) is 18.3 Å². The standard InChI is InChI=1S/C63H52N6/c1-5-40-20-10-12-24-46(40)42-32-35-45(36-33-42)66-55-30-18-19-31-56(55)68-53-37-34-43(47-25-13-11-21-41(47)6-2)38-48(53)49(39-57(66)68)58-62(3)50-26-14-17-29-54(50)69-60-59(64-51-27-15-16-28-52(51)65-60)67(61(69)63(58,62)4)44-22-8-7-9-23-44/h7-38,57,61H,5-6,39H2,1-4H3/b58-49+. The van der Waals surface area contributed by atoms with E-state index in [0.29, 0.717) is 0 Å². The van der Waals surface area contributed by atoms with Gasteiger partial charge in [-0.15, -0.1) is 0 Å². The Bertz CT molecular complexity index is 3600. The summed E-state index contributed by atoms with van der Waals surface area (Å²) in [6.07, 6.45) is 2.67. The Labute approximate surface area is 404 Å². The lowest BCUT2D eigenvalue weighted by Crippen LogP contribution is -2.50. The summed E-state index contributed by atoms with van der Waals surface area (Å²) in [5, 5.41) is 0. The van der Waals surface area contributed by atoms with E-state index in [9.17, 15) is 0 Å². The number of para-hydroxylation sites is 6. The van der Waals surface area contributed by atoms with Crippen molar-refractivity contribution >= 4 is 62.4 Å². The number of nitrogens with zero attached hydrogens (tertiary/aromatic N) is 6. The Morgan fingerprint density at radius 1 is 0.464 bits per heavy atom. The van der Waals surface area contributed by atoms with Crippen LogP contribution in [0, 0.1) is 5.41 Å². The molecule has 5 aliphatic rings. The Balaban J connectivity index is 1.01. The van der Waals surface area contributed by atoms with E-state index in [4.69, 9.17) is 9.97 Å². The van der Waals surface area contributed by atoms with Crippen molar-refractivity contribution in [3.05, 3.63) is 222 Å². The fourth-order valence-electron chi connectivity index (χ4n) is 13.3. The second kappa shape index (κ2) is 14.8. The number of hydrogen-bond acceptors (Lipinski definition) is 6. The molecule has 4 unspecified atom stereocenters. The average molecular weight is 893 g/mol. The molecule has 4 aliphatic heterocycles. The summed E-state index contributed by atoms with van der Waals surface area (Å²) < 4.78 is 0. The van der Waals surface area contributed by atoms with Crippen molar-refractivity contribution in [1.82, 2.24) is 9.97 Å². The van der Waals surface area contributed by atoms with Crippen LogP contribution in [0.2, 0.25) is 0 Å². The molecule has 1 aliphatic carbocycles. The molecule has 69 heavy (non-hydrogen) atoms. The molecule has 334 valence electrons. The molecular weight excluding hydrogens is 841 g/mol. The van der Waals surface area contributed by atoms with Crippen LogP contribution in [0.1, 0.15) is 56.4 Å². The largest absolute Gasteiger partial charge is 0.318 e. The molecule has 1 aromatic heterocycles. The van der Waals surface area contributed by atoms with Gasteiger partial charge in [-0.2, -0.15) is 0 Å². The van der Waals surface area contributed by atoms with Gasteiger partial charge in [0.05, 0.1) is 28.1 Å². The summed E-state index contributed by atoms with van der Waals surface area (Å²) in [4.78, 5) is 21.3. The molecule has 0 radical (unpaired) electrons. The lowest BCUT2D eigenvalue weighted by Gasteiger charge is -2.43. The van der Waals surface area contributed by atoms with Crippen molar-refractivity contribution in [2.45, 2.75) is 64.7 Å². The van der Waals surface area contributed by atoms with Gasteiger partial charge in [0, 0.05) is 39.9 Å². The van der Waals surface area contributed by atoms with Gasteiger partial charge in [0.15, 0.2) is 11.6 Å². The van der Waals surface area contributed by atoms with Crippen molar-refractivity contribution in [1.29, 1.82) is 0 Å². The Morgan fingerprint density at radius 2 is 1.00 bits per heavy atom. The Morgan fingerprint density at radius 3 is 1.68 bits per heavy atom. The topological polar surface area (TPSA) is 38.7 Å². The molecule has 5 heterocycles. The Hall–Kier alpha value is -7.96. The van der Waals surface area contributed by atoms with Crippen molar-refractivity contribution in [2.24, 2.45) is 5.41 Å². The number of anilines is 8. The second-order valence-electron chi connectivity index (χ2n) is 19.7. The van der Waals surface area contributed by atoms with Crippen molar-refractivity contribution in [3.63, 3.8) is 0 Å². The van der Waals surface area contributed by atoms with E-state index in [0.717, 1.165) is 47.6 Å². The SMILES string of the molecule is CCc1ccccc1-c1ccc(N2c3ccccc3N3c4ccc(-c5ccccc5CC)cc4/C(=C4\C5(C)c6ccccc6N6c7nc8ccccc8nc7N(c7ccccc7)C6C45C)CC23)cc1. The van der Waals surface area contributed by atoms with E-state index in [1.165, 1.54) is 84.1 Å². The first kappa shape index (κ1) is 40.1. The predicted molar refractivity (Wildman–Crippen MR) is 285 cm³/mol. The van der Waals surface area contributed by atoms with E-state index >= 15 is 0 Å². The maximum absolute atomic E-state index is 5.49. The smallest absolute Gasteiger partial charge is 0.179 e. The van der Waals surface area contributed by atoms with E-state index < -0.39 is 0 Å². The average Bonchev–Trinajstić information content (AvgIpc) is 3.60. The van der Waals surface area contributed by atoms with Crippen LogP contribution in [0.15, 0.2) is 200 Å². The van der Waals surface area contributed by atoms with Crippen LogP contribution >= 0.6 is 0 Å². The fraction of sp³-hybridized carbons (Fsp3) is 0.175. The minimum Gasteiger partial charge on any atom is -0.318 e. The molecule has 4 atom stereocenters. The van der Waals surface area contributed by atoms with Gasteiger partial charge in [0.25, 0.3) is 0 Å². The van der Waals surface area contributed by atoms with Crippen LogP contribution in [-0.4, -0.2) is 22.3 Å². The van der Waals surface area contributed by atoms with E-state index in [-0.39, 0.29) is 23.2 Å². The molecule has 0 spiro atoms. The van der Waals surface area contributed by atoms with E-state index in [1.807, 2.05) is 0 Å². The number of aromatic nitrogens is 2. The van der Waals surface area contributed by atoms with Crippen LogP contribution in [0.25, 0.3) is 38.9 Å². The molecule has 9 aromatic rings. The van der Waals surface area contributed by atoms with Crippen molar-refractivity contribution in [2.75, 3.05) is 19.6 Å². The summed E-state index contributed by atoms with van der Waals surface area (Å²) in [6.45, 7) is 9.59. The third kappa shape index (κ3) is 5.43. The van der Waals surface area contributed by atoms with Gasteiger partial charge in [-0.05, 0) is 130 Å². The summed E-state index contributed by atoms with van der Waals surface area (Å²) in [6, 6.07) is 71.8. The summed E-state index contributed by atoms with van der Waals surface area (Å²) in [5.74, 6) is 1.81. The van der Waals surface area contributed by atoms with Crippen molar-refractivity contribution < 1.29 is 0 Å². The monoisotopic (exact) mass is 892 g/mol. The van der Waals surface area contributed by atoms with Crippen LogP contribution in [0.4, 0.5) is 45.8 Å². The number of rotatable bonds is 6. The highest BCUT2D eigenvalue weighted by Crippen LogP contribution is 2.80. The van der Waals surface area contributed by atoms with Gasteiger partial charge >= 0.3 is 0 Å². The van der Waals surface area contributed by atoms with Crippen LogP contribution in [0.3, 0.4) is 0 Å². The second-order valence-corrected chi connectivity index (χ2v) is 19.7. The normalized spacial score (nSPS) is 22.4. The van der Waals surface area contributed by atoms with Crippen LogP contribution in [0.5, 0.6) is 0 Å². The minimum atomic E-state index is -0.359. The molecule has 0 amide bonds. The maximum atomic E-state index is 5.49. The summed E-state index contributed by atoms with van der Waals surface area (Å²) >= 11 is 0. The molecule has 1 fully saturated rings. The minimum absolute atomic E-state index is 0.000732. The zero-order valence-corrected chi connectivity index (χ0v) is 39.4. The van der Waals surface area contributed by atoms with Gasteiger partial charge in [-0.3, -0.25) is 0 Å². The molecule has 8 aromatic carbocycles.